The monoisotopic (exact) mass is 304 g/mol. The molecule has 2 rings (SSSR count). The maximum atomic E-state index is 11.8. The maximum absolute atomic E-state index is 11.8. The van der Waals surface area contributed by atoms with Crippen LogP contribution < -0.4 is 10.1 Å². The van der Waals surface area contributed by atoms with Gasteiger partial charge in [-0.15, -0.1) is 10.2 Å². The van der Waals surface area contributed by atoms with Gasteiger partial charge in [-0.2, -0.15) is 0 Å². The molecule has 0 saturated carbocycles. The summed E-state index contributed by atoms with van der Waals surface area (Å²) in [5, 5.41) is 10.7. The van der Waals surface area contributed by atoms with E-state index in [2.05, 4.69) is 15.5 Å². The van der Waals surface area contributed by atoms with Crippen LogP contribution in [0.5, 0.6) is 5.75 Å². The van der Waals surface area contributed by atoms with Gasteiger partial charge in [-0.25, -0.2) is 4.79 Å². The van der Waals surface area contributed by atoms with Gasteiger partial charge >= 0.3 is 6.03 Å². The lowest BCUT2D eigenvalue weighted by atomic mass is 10.2. The number of aromatic nitrogens is 2. The fourth-order valence-corrected chi connectivity index (χ4v) is 1.95. The van der Waals surface area contributed by atoms with Gasteiger partial charge < -0.3 is 19.4 Å². The van der Waals surface area contributed by atoms with E-state index in [9.17, 15) is 4.79 Å². The molecule has 0 aliphatic carbocycles. The molecule has 22 heavy (non-hydrogen) atoms. The predicted molar refractivity (Wildman–Crippen MR) is 81.4 cm³/mol. The van der Waals surface area contributed by atoms with Crippen LogP contribution in [0, 0.1) is 0 Å². The minimum absolute atomic E-state index is 0.144. The Kier molecular flexibility index (Phi) is 5.35. The first kappa shape index (κ1) is 15.8. The number of hydrogen-bond donors (Lipinski definition) is 1. The number of nitrogens with one attached hydrogen (secondary N) is 1. The van der Waals surface area contributed by atoms with Crippen LogP contribution >= 0.6 is 0 Å². The highest BCUT2D eigenvalue weighted by atomic mass is 16.5. The van der Waals surface area contributed by atoms with Crippen LogP contribution in [-0.2, 0) is 6.54 Å². The van der Waals surface area contributed by atoms with Crippen LogP contribution in [0.25, 0.3) is 11.5 Å². The number of carbonyl (C=O) groups is 1. The van der Waals surface area contributed by atoms with E-state index >= 15 is 0 Å². The zero-order chi connectivity index (χ0) is 15.9. The second kappa shape index (κ2) is 7.44. The largest absolute Gasteiger partial charge is 0.497 e. The standard InChI is InChI=1S/C15H20N4O3/c1-4-19(5-2)15(20)16-10-13-17-18-14(22-13)11-6-8-12(21-3)9-7-11/h6-9H,4-5,10H2,1-3H3,(H,16,20). The number of nitrogens with zero attached hydrogens (tertiary/aromatic N) is 3. The summed E-state index contributed by atoms with van der Waals surface area (Å²) in [5.74, 6) is 1.54. The molecule has 0 fully saturated rings. The first-order valence-corrected chi connectivity index (χ1v) is 7.17. The second-order valence-electron chi connectivity index (χ2n) is 4.56. The van der Waals surface area contributed by atoms with Crippen LogP contribution in [0.4, 0.5) is 4.79 Å². The first-order chi connectivity index (χ1) is 10.7. The van der Waals surface area contributed by atoms with Crippen LogP contribution in [-0.4, -0.2) is 41.3 Å². The van der Waals surface area contributed by atoms with Gasteiger partial charge in [-0.05, 0) is 38.1 Å². The number of hydrogen-bond acceptors (Lipinski definition) is 5. The third kappa shape index (κ3) is 3.75. The number of methoxy groups -OCH3 is 1. The number of urea groups is 1. The van der Waals surface area contributed by atoms with Gasteiger partial charge in [-0.3, -0.25) is 0 Å². The smallest absolute Gasteiger partial charge is 0.317 e. The molecular weight excluding hydrogens is 284 g/mol. The number of benzene rings is 1. The molecule has 7 heteroatoms. The van der Waals surface area contributed by atoms with Crippen molar-refractivity contribution in [1.82, 2.24) is 20.4 Å². The molecule has 2 aromatic rings. The average molecular weight is 304 g/mol. The van der Waals surface area contributed by atoms with Gasteiger partial charge in [0.1, 0.15) is 5.75 Å². The number of carbonyl (C=O) groups excluding carboxylic acids is 1. The Morgan fingerprint density at radius 2 is 1.91 bits per heavy atom. The molecule has 7 nitrogen and oxygen atoms in total. The van der Waals surface area contributed by atoms with E-state index < -0.39 is 0 Å². The van der Waals surface area contributed by atoms with Crippen molar-refractivity contribution in [3.05, 3.63) is 30.2 Å². The minimum Gasteiger partial charge on any atom is -0.497 e. The number of rotatable bonds is 6. The van der Waals surface area contributed by atoms with Crippen molar-refractivity contribution < 1.29 is 13.9 Å². The van der Waals surface area contributed by atoms with Gasteiger partial charge in [0.2, 0.25) is 11.8 Å². The van der Waals surface area contributed by atoms with Gasteiger partial charge in [0.15, 0.2) is 0 Å². The summed E-state index contributed by atoms with van der Waals surface area (Å²) in [6, 6.07) is 7.17. The molecule has 2 amide bonds. The van der Waals surface area contributed by atoms with Gasteiger partial charge in [0.05, 0.1) is 13.7 Å². The van der Waals surface area contributed by atoms with Crippen LogP contribution in [0.1, 0.15) is 19.7 Å². The third-order valence-electron chi connectivity index (χ3n) is 3.25. The molecule has 0 radical (unpaired) electrons. The Morgan fingerprint density at radius 1 is 1.23 bits per heavy atom. The molecule has 118 valence electrons. The Balaban J connectivity index is 1.97. The summed E-state index contributed by atoms with van der Waals surface area (Å²) >= 11 is 0. The van der Waals surface area contributed by atoms with Gasteiger partial charge in [0.25, 0.3) is 0 Å². The fourth-order valence-electron chi connectivity index (χ4n) is 1.95. The SMILES string of the molecule is CCN(CC)C(=O)NCc1nnc(-c2ccc(OC)cc2)o1. The van der Waals surface area contributed by atoms with Crippen LogP contribution in [0.15, 0.2) is 28.7 Å². The van der Waals surface area contributed by atoms with Crippen molar-refractivity contribution >= 4 is 6.03 Å². The van der Waals surface area contributed by atoms with E-state index in [4.69, 9.17) is 9.15 Å². The Labute approximate surface area is 129 Å². The highest BCUT2D eigenvalue weighted by Gasteiger charge is 2.12. The predicted octanol–water partition coefficient (Wildman–Crippen LogP) is 2.30. The average Bonchev–Trinajstić information content (AvgIpc) is 3.03. The molecule has 0 unspecified atom stereocenters. The normalized spacial score (nSPS) is 10.3. The summed E-state index contributed by atoms with van der Waals surface area (Å²) in [7, 11) is 1.61. The summed E-state index contributed by atoms with van der Waals surface area (Å²) in [6.07, 6.45) is 0. The number of amides is 2. The second-order valence-corrected chi connectivity index (χ2v) is 4.56. The molecule has 1 heterocycles. The van der Waals surface area contributed by atoms with Crippen LogP contribution in [0.2, 0.25) is 0 Å². The molecule has 0 saturated heterocycles. The molecule has 0 spiro atoms. The summed E-state index contributed by atoms with van der Waals surface area (Å²) < 4.78 is 10.6. The minimum atomic E-state index is -0.144. The lowest BCUT2D eigenvalue weighted by Gasteiger charge is -2.18. The lowest BCUT2D eigenvalue weighted by molar-refractivity contribution is 0.201. The molecule has 0 atom stereocenters. The third-order valence-corrected chi connectivity index (χ3v) is 3.25. The van der Waals surface area contributed by atoms with Crippen molar-refractivity contribution in [3.8, 4) is 17.2 Å². The van der Waals surface area contributed by atoms with E-state index in [-0.39, 0.29) is 12.6 Å². The van der Waals surface area contributed by atoms with E-state index in [1.807, 2.05) is 38.1 Å². The molecule has 0 aliphatic rings. The number of ether oxygens (including phenoxy) is 1. The summed E-state index contributed by atoms with van der Waals surface area (Å²) in [6.45, 7) is 5.38. The first-order valence-electron chi connectivity index (χ1n) is 7.17. The molecule has 0 bridgehead atoms. The summed E-state index contributed by atoms with van der Waals surface area (Å²) in [5.41, 5.74) is 0.801. The van der Waals surface area contributed by atoms with E-state index in [1.165, 1.54) is 0 Å². The van der Waals surface area contributed by atoms with Crippen molar-refractivity contribution in [2.45, 2.75) is 20.4 Å². The Morgan fingerprint density at radius 3 is 2.50 bits per heavy atom. The van der Waals surface area contributed by atoms with Crippen LogP contribution in [0.3, 0.4) is 0 Å². The quantitative estimate of drug-likeness (QED) is 0.885. The van der Waals surface area contributed by atoms with Gasteiger partial charge in [-0.1, -0.05) is 0 Å². The Bertz CT molecular complexity index is 606. The van der Waals surface area contributed by atoms with Crippen molar-refractivity contribution in [2.24, 2.45) is 0 Å². The van der Waals surface area contributed by atoms with Crippen molar-refractivity contribution in [2.75, 3.05) is 20.2 Å². The lowest BCUT2D eigenvalue weighted by Crippen LogP contribution is -2.39. The van der Waals surface area contributed by atoms with E-state index in [0.717, 1.165) is 11.3 Å². The Hall–Kier alpha value is -2.57. The zero-order valence-corrected chi connectivity index (χ0v) is 13.0. The molecule has 1 N–H and O–H groups in total. The molecule has 0 aliphatic heterocycles. The van der Waals surface area contributed by atoms with E-state index in [1.54, 1.807) is 12.0 Å². The highest BCUT2D eigenvalue weighted by molar-refractivity contribution is 5.73. The van der Waals surface area contributed by atoms with Crippen molar-refractivity contribution in [1.29, 1.82) is 0 Å². The molecule has 1 aromatic carbocycles. The highest BCUT2D eigenvalue weighted by Crippen LogP contribution is 2.20. The molecular formula is C15H20N4O3. The van der Waals surface area contributed by atoms with E-state index in [0.29, 0.717) is 24.9 Å². The topological polar surface area (TPSA) is 80.5 Å². The summed E-state index contributed by atoms with van der Waals surface area (Å²) in [4.78, 5) is 13.5. The van der Waals surface area contributed by atoms with Crippen molar-refractivity contribution in [3.63, 3.8) is 0 Å². The maximum Gasteiger partial charge on any atom is 0.317 e. The molecule has 1 aromatic heterocycles. The van der Waals surface area contributed by atoms with Gasteiger partial charge in [0, 0.05) is 18.7 Å². The fraction of sp³-hybridized carbons (Fsp3) is 0.400. The zero-order valence-electron chi connectivity index (χ0n) is 13.0.